The highest BCUT2D eigenvalue weighted by Gasteiger charge is 1.94. The van der Waals surface area contributed by atoms with Crippen molar-refractivity contribution in [1.82, 2.24) is 15.3 Å². The number of rotatable bonds is 3. The summed E-state index contributed by atoms with van der Waals surface area (Å²) in [7, 11) is 0. The zero-order valence-corrected chi connectivity index (χ0v) is 6.53. The molecule has 0 saturated carbocycles. The highest BCUT2D eigenvalue weighted by molar-refractivity contribution is 5.71. The number of carbonyl (C=O) groups is 1. The van der Waals surface area contributed by atoms with E-state index in [1.807, 2.05) is 0 Å². The molecule has 1 rings (SSSR count). The van der Waals surface area contributed by atoms with E-state index < -0.39 is 6.03 Å². The lowest BCUT2D eigenvalue weighted by molar-refractivity contribution is 0.249. The van der Waals surface area contributed by atoms with Crippen LogP contribution in [0.3, 0.4) is 0 Å². The molecule has 3 N–H and O–H groups in total. The van der Waals surface area contributed by atoms with Gasteiger partial charge in [-0.15, -0.1) is 0 Å². The van der Waals surface area contributed by atoms with E-state index in [9.17, 15) is 4.79 Å². The van der Waals surface area contributed by atoms with Gasteiger partial charge in [-0.3, -0.25) is 0 Å². The zero-order valence-electron chi connectivity index (χ0n) is 6.53. The molecule has 0 fully saturated rings. The van der Waals surface area contributed by atoms with Crippen LogP contribution in [0.15, 0.2) is 18.5 Å². The van der Waals surface area contributed by atoms with E-state index in [4.69, 9.17) is 5.73 Å². The summed E-state index contributed by atoms with van der Waals surface area (Å²) in [5.41, 5.74) is 4.87. The van der Waals surface area contributed by atoms with Gasteiger partial charge in [0.15, 0.2) is 0 Å². The Balaban J connectivity index is 2.29. The van der Waals surface area contributed by atoms with Crippen molar-refractivity contribution in [2.24, 2.45) is 5.73 Å². The lowest BCUT2D eigenvalue weighted by Gasteiger charge is -1.99. The van der Waals surface area contributed by atoms with E-state index in [-0.39, 0.29) is 0 Å². The summed E-state index contributed by atoms with van der Waals surface area (Å²) in [4.78, 5) is 18.2. The molecule has 0 radical (unpaired) electrons. The number of primary amides is 1. The second-order valence-electron chi connectivity index (χ2n) is 2.21. The standard InChI is InChI=1S/C7H10N4O/c8-7(12)11-5-2-6-9-3-1-4-10-6/h1,3-4H,2,5H2,(H3,8,11,12). The van der Waals surface area contributed by atoms with Gasteiger partial charge >= 0.3 is 6.03 Å². The van der Waals surface area contributed by atoms with E-state index in [0.717, 1.165) is 0 Å². The Kier molecular flexibility index (Phi) is 3.01. The second kappa shape index (κ2) is 4.27. The maximum Gasteiger partial charge on any atom is 0.312 e. The molecule has 5 nitrogen and oxygen atoms in total. The fourth-order valence-corrected chi connectivity index (χ4v) is 0.757. The molecule has 0 unspecified atom stereocenters. The molecule has 0 spiro atoms. The summed E-state index contributed by atoms with van der Waals surface area (Å²) in [6, 6.07) is 1.22. The molecule has 0 bridgehead atoms. The molecule has 0 saturated heterocycles. The van der Waals surface area contributed by atoms with Gasteiger partial charge in [0.2, 0.25) is 0 Å². The molecule has 5 heteroatoms. The Morgan fingerprint density at radius 1 is 1.50 bits per heavy atom. The van der Waals surface area contributed by atoms with Crippen molar-refractivity contribution in [3.8, 4) is 0 Å². The van der Waals surface area contributed by atoms with Crippen LogP contribution in [0.2, 0.25) is 0 Å². The first-order chi connectivity index (χ1) is 5.79. The molecule has 12 heavy (non-hydrogen) atoms. The van der Waals surface area contributed by atoms with Crippen LogP contribution in [0.1, 0.15) is 5.82 Å². The minimum absolute atomic E-state index is 0.472. The van der Waals surface area contributed by atoms with Crippen molar-refractivity contribution in [2.75, 3.05) is 6.54 Å². The number of urea groups is 1. The fourth-order valence-electron chi connectivity index (χ4n) is 0.757. The first-order valence-corrected chi connectivity index (χ1v) is 3.58. The smallest absolute Gasteiger partial charge is 0.312 e. The molecular weight excluding hydrogens is 156 g/mol. The highest BCUT2D eigenvalue weighted by Crippen LogP contribution is 1.86. The maximum atomic E-state index is 10.3. The van der Waals surface area contributed by atoms with Crippen molar-refractivity contribution >= 4 is 6.03 Å². The van der Waals surface area contributed by atoms with Crippen molar-refractivity contribution in [2.45, 2.75) is 6.42 Å². The molecule has 1 aromatic heterocycles. The van der Waals surface area contributed by atoms with Crippen molar-refractivity contribution in [1.29, 1.82) is 0 Å². The third-order valence-electron chi connectivity index (χ3n) is 1.27. The first-order valence-electron chi connectivity index (χ1n) is 3.58. The minimum Gasteiger partial charge on any atom is -0.352 e. The van der Waals surface area contributed by atoms with Crippen LogP contribution >= 0.6 is 0 Å². The lowest BCUT2D eigenvalue weighted by atomic mass is 10.4. The number of hydrogen-bond acceptors (Lipinski definition) is 3. The van der Waals surface area contributed by atoms with E-state index in [0.29, 0.717) is 18.8 Å². The molecule has 1 heterocycles. The summed E-state index contributed by atoms with van der Waals surface area (Å²) in [6.07, 6.45) is 3.92. The van der Waals surface area contributed by atoms with Crippen LogP contribution in [0.25, 0.3) is 0 Å². The normalized spacial score (nSPS) is 9.33. The Bertz CT molecular complexity index is 249. The summed E-state index contributed by atoms with van der Waals surface area (Å²) in [5.74, 6) is 0.700. The van der Waals surface area contributed by atoms with Crippen molar-refractivity contribution in [3.63, 3.8) is 0 Å². The Labute approximate surface area is 70.0 Å². The average molecular weight is 166 g/mol. The van der Waals surface area contributed by atoms with Crippen LogP contribution in [-0.4, -0.2) is 22.5 Å². The maximum absolute atomic E-state index is 10.3. The average Bonchev–Trinajstić information content (AvgIpc) is 2.05. The molecule has 0 aliphatic heterocycles. The summed E-state index contributed by atoms with van der Waals surface area (Å²) in [6.45, 7) is 0.472. The van der Waals surface area contributed by atoms with Gasteiger partial charge < -0.3 is 11.1 Å². The molecule has 0 atom stereocenters. The Morgan fingerprint density at radius 2 is 2.17 bits per heavy atom. The topological polar surface area (TPSA) is 80.9 Å². The minimum atomic E-state index is -0.522. The number of carbonyl (C=O) groups excluding carboxylic acids is 1. The lowest BCUT2D eigenvalue weighted by Crippen LogP contribution is -2.31. The molecular formula is C7H10N4O. The van der Waals surface area contributed by atoms with Gasteiger partial charge in [-0.25, -0.2) is 14.8 Å². The Morgan fingerprint density at radius 3 is 2.75 bits per heavy atom. The van der Waals surface area contributed by atoms with Crippen LogP contribution in [-0.2, 0) is 6.42 Å². The third kappa shape index (κ3) is 2.96. The van der Waals surface area contributed by atoms with Gasteiger partial charge in [-0.2, -0.15) is 0 Å². The predicted octanol–water partition coefficient (Wildman–Crippen LogP) is -0.313. The van der Waals surface area contributed by atoms with Crippen LogP contribution in [0.4, 0.5) is 4.79 Å². The molecule has 0 aromatic carbocycles. The molecule has 1 aromatic rings. The monoisotopic (exact) mass is 166 g/mol. The first kappa shape index (κ1) is 8.45. The van der Waals surface area contributed by atoms with Gasteiger partial charge in [0, 0.05) is 25.4 Å². The van der Waals surface area contributed by atoms with Gasteiger partial charge in [-0.05, 0) is 6.07 Å². The van der Waals surface area contributed by atoms with Crippen molar-refractivity contribution in [3.05, 3.63) is 24.3 Å². The van der Waals surface area contributed by atoms with Gasteiger partial charge in [0.05, 0.1) is 0 Å². The zero-order chi connectivity index (χ0) is 8.81. The van der Waals surface area contributed by atoms with Gasteiger partial charge in [-0.1, -0.05) is 0 Å². The van der Waals surface area contributed by atoms with Crippen LogP contribution < -0.4 is 11.1 Å². The highest BCUT2D eigenvalue weighted by atomic mass is 16.2. The van der Waals surface area contributed by atoms with Crippen molar-refractivity contribution < 1.29 is 4.79 Å². The quantitative estimate of drug-likeness (QED) is 0.646. The number of hydrogen-bond donors (Lipinski definition) is 2. The number of nitrogens with one attached hydrogen (secondary N) is 1. The molecule has 64 valence electrons. The van der Waals surface area contributed by atoms with Gasteiger partial charge in [0.25, 0.3) is 0 Å². The van der Waals surface area contributed by atoms with E-state index in [2.05, 4.69) is 15.3 Å². The Hall–Kier alpha value is -1.65. The van der Waals surface area contributed by atoms with Gasteiger partial charge in [0.1, 0.15) is 5.82 Å². The predicted molar refractivity (Wildman–Crippen MR) is 43.3 cm³/mol. The largest absolute Gasteiger partial charge is 0.352 e. The van der Waals surface area contributed by atoms with E-state index in [1.165, 1.54) is 0 Å². The third-order valence-corrected chi connectivity index (χ3v) is 1.27. The van der Waals surface area contributed by atoms with Crippen LogP contribution in [0.5, 0.6) is 0 Å². The molecule has 0 aliphatic rings. The second-order valence-corrected chi connectivity index (χ2v) is 2.21. The SMILES string of the molecule is NC(=O)NCCc1ncccn1. The number of nitrogens with two attached hydrogens (primary N) is 1. The van der Waals surface area contributed by atoms with E-state index >= 15 is 0 Å². The molecule has 2 amide bonds. The summed E-state index contributed by atoms with van der Waals surface area (Å²) >= 11 is 0. The fraction of sp³-hybridized carbons (Fsp3) is 0.286. The summed E-state index contributed by atoms with van der Waals surface area (Å²) in [5, 5.41) is 2.45. The number of aromatic nitrogens is 2. The van der Waals surface area contributed by atoms with E-state index in [1.54, 1.807) is 18.5 Å². The number of amides is 2. The summed E-state index contributed by atoms with van der Waals surface area (Å²) < 4.78 is 0. The van der Waals surface area contributed by atoms with Crippen LogP contribution in [0, 0.1) is 0 Å². The number of nitrogens with zero attached hydrogens (tertiary/aromatic N) is 2. The molecule has 0 aliphatic carbocycles.